The molecule has 5 atom stereocenters. The monoisotopic (exact) mass is 632 g/mol. The number of Topliss-reactive ketones (excluding diaryl/α,β-unsaturated/α-hetero) is 3. The van der Waals surface area contributed by atoms with Crippen molar-refractivity contribution in [2.45, 2.75) is 116 Å². The Hall–Kier alpha value is -3.35. The average Bonchev–Trinajstić information content (AvgIpc) is 3.34. The van der Waals surface area contributed by atoms with Crippen LogP contribution in [0.25, 0.3) is 0 Å². The summed E-state index contributed by atoms with van der Waals surface area (Å²) >= 11 is 0. The fraction of sp³-hybridized carbons (Fsp3) is 0.781. The zero-order chi connectivity index (χ0) is 32.9. The van der Waals surface area contributed by atoms with Gasteiger partial charge in [-0.05, 0) is 37.5 Å². The first-order chi connectivity index (χ1) is 21.3. The van der Waals surface area contributed by atoms with Crippen LogP contribution < -0.4 is 10.6 Å². The maximum Gasteiger partial charge on any atom is 0.408 e. The van der Waals surface area contributed by atoms with Crippen molar-refractivity contribution >= 4 is 41.0 Å². The average molecular weight is 633 g/mol. The summed E-state index contributed by atoms with van der Waals surface area (Å²) in [5, 5.41) is 9.41. The highest BCUT2D eigenvalue weighted by Gasteiger charge is 2.56. The lowest BCUT2D eigenvalue weighted by molar-refractivity contribution is -0.143. The summed E-state index contributed by atoms with van der Waals surface area (Å²) in [4.78, 5) is 86.8. The molecule has 3 amide bonds. The maximum atomic E-state index is 14.3. The van der Waals surface area contributed by atoms with E-state index in [9.17, 15) is 28.8 Å². The third-order valence-corrected chi connectivity index (χ3v) is 8.93. The van der Waals surface area contributed by atoms with Gasteiger partial charge in [0.05, 0.1) is 25.8 Å². The molecule has 3 fully saturated rings. The molecule has 13 heteroatoms. The van der Waals surface area contributed by atoms with Crippen LogP contribution in [-0.4, -0.2) is 96.0 Å². The Labute approximate surface area is 264 Å². The second kappa shape index (κ2) is 14.4. The molecule has 2 saturated heterocycles. The normalized spacial score (nSPS) is 25.7. The van der Waals surface area contributed by atoms with Crippen molar-refractivity contribution in [2.24, 2.45) is 22.4 Å². The van der Waals surface area contributed by atoms with Crippen LogP contribution >= 0.6 is 0 Å². The van der Waals surface area contributed by atoms with Crippen molar-refractivity contribution in [1.29, 1.82) is 0 Å². The third-order valence-electron chi connectivity index (χ3n) is 8.93. The molecule has 2 N–H and O–H groups in total. The second-order valence-corrected chi connectivity index (χ2v) is 14.0. The van der Waals surface area contributed by atoms with Crippen molar-refractivity contribution in [3.05, 3.63) is 0 Å². The summed E-state index contributed by atoms with van der Waals surface area (Å²) in [6.07, 6.45) is 2.36. The van der Waals surface area contributed by atoms with E-state index in [4.69, 9.17) is 14.3 Å². The Morgan fingerprint density at radius 3 is 2.44 bits per heavy atom. The zero-order valence-corrected chi connectivity index (χ0v) is 27.1. The molecule has 0 bridgehead atoms. The maximum absolute atomic E-state index is 14.3. The lowest BCUT2D eigenvalue weighted by Gasteiger charge is -2.35. The van der Waals surface area contributed by atoms with Gasteiger partial charge in [-0.3, -0.25) is 24.0 Å². The number of ketones is 3. The molecule has 0 aromatic carbocycles. The van der Waals surface area contributed by atoms with Gasteiger partial charge in [-0.1, -0.05) is 39.3 Å². The molecule has 1 spiro atoms. The molecule has 13 nitrogen and oxygen atoms in total. The van der Waals surface area contributed by atoms with E-state index in [0.717, 1.165) is 12.8 Å². The molecule has 0 aromatic heterocycles. The van der Waals surface area contributed by atoms with E-state index in [2.05, 4.69) is 15.8 Å². The van der Waals surface area contributed by atoms with Gasteiger partial charge in [0.15, 0.2) is 17.2 Å². The number of amides is 3. The Kier molecular flexibility index (Phi) is 11.0. The summed E-state index contributed by atoms with van der Waals surface area (Å²) < 4.78 is 10.8. The number of carbonyl (C=O) groups excluding carboxylic acids is 6. The van der Waals surface area contributed by atoms with Crippen molar-refractivity contribution < 1.29 is 43.1 Å². The minimum Gasteiger partial charge on any atom is -0.444 e. The quantitative estimate of drug-likeness (QED) is 0.273. The number of rotatable bonds is 14. The molecule has 4 aliphatic rings. The van der Waals surface area contributed by atoms with Crippen LogP contribution in [0.4, 0.5) is 4.79 Å². The summed E-state index contributed by atoms with van der Waals surface area (Å²) in [6.45, 7) is 10.1. The number of ether oxygens (including phenoxy) is 2. The van der Waals surface area contributed by atoms with E-state index >= 15 is 0 Å². The third kappa shape index (κ3) is 8.68. The standard InChI is InChI=1S/C32H48N4O9/c1-6-8-20(26(39)25(38)13-19-9-10-19)14-24(37)23-16-32(15-22(35-45-32)28(40)33-7-2)18-36(23)29(41)27(31(3,4)5)34-30(42)44-21-11-12-43-17-21/h19-21,23,27H,6-18H2,1-5H3,(H,33,40)(H,34,42)/t20-,21+,23+,27-,32-/m1/s1. The van der Waals surface area contributed by atoms with Crippen LogP contribution in [0.2, 0.25) is 0 Å². The Bertz CT molecular complexity index is 1200. The van der Waals surface area contributed by atoms with Gasteiger partial charge < -0.3 is 29.8 Å². The van der Waals surface area contributed by atoms with Gasteiger partial charge in [0.2, 0.25) is 11.7 Å². The van der Waals surface area contributed by atoms with E-state index < -0.39 is 64.6 Å². The number of carbonyl (C=O) groups is 6. The number of nitrogens with one attached hydrogen (secondary N) is 2. The minimum atomic E-state index is -1.13. The van der Waals surface area contributed by atoms with Gasteiger partial charge in [-0.15, -0.1) is 0 Å². The van der Waals surface area contributed by atoms with Gasteiger partial charge in [0, 0.05) is 44.6 Å². The molecule has 0 unspecified atom stereocenters. The van der Waals surface area contributed by atoms with E-state index in [1.54, 1.807) is 27.7 Å². The highest BCUT2D eigenvalue weighted by Crippen LogP contribution is 2.40. The molecule has 4 rings (SSSR count). The van der Waals surface area contributed by atoms with E-state index in [1.165, 1.54) is 4.90 Å². The number of hydrogen-bond acceptors (Lipinski definition) is 10. The summed E-state index contributed by atoms with van der Waals surface area (Å²) in [5.74, 6) is -2.80. The van der Waals surface area contributed by atoms with E-state index in [1.807, 2.05) is 6.92 Å². The van der Waals surface area contributed by atoms with Crippen LogP contribution in [0, 0.1) is 17.3 Å². The van der Waals surface area contributed by atoms with Crippen LogP contribution in [0.5, 0.6) is 0 Å². The molecule has 3 heterocycles. The first-order valence-electron chi connectivity index (χ1n) is 16.2. The molecule has 3 aliphatic heterocycles. The van der Waals surface area contributed by atoms with Crippen molar-refractivity contribution in [3.8, 4) is 0 Å². The number of nitrogens with zero attached hydrogens (tertiary/aromatic N) is 2. The molecule has 1 saturated carbocycles. The van der Waals surface area contributed by atoms with Gasteiger partial charge in [-0.2, -0.15) is 0 Å². The Morgan fingerprint density at radius 1 is 1.11 bits per heavy atom. The Morgan fingerprint density at radius 2 is 1.84 bits per heavy atom. The van der Waals surface area contributed by atoms with Gasteiger partial charge in [0.1, 0.15) is 17.9 Å². The first kappa shape index (κ1) is 34.5. The molecular formula is C32H48N4O9. The first-order valence-corrected chi connectivity index (χ1v) is 16.2. The molecular weight excluding hydrogens is 584 g/mol. The van der Waals surface area contributed by atoms with Gasteiger partial charge >= 0.3 is 6.09 Å². The van der Waals surface area contributed by atoms with Crippen LogP contribution in [0.15, 0.2) is 5.16 Å². The fourth-order valence-electron chi connectivity index (χ4n) is 6.26. The van der Waals surface area contributed by atoms with Crippen LogP contribution in [0.3, 0.4) is 0 Å². The molecule has 1 aliphatic carbocycles. The number of oxime groups is 1. The lowest BCUT2D eigenvalue weighted by atomic mass is 9.84. The van der Waals surface area contributed by atoms with Crippen molar-refractivity contribution in [2.75, 3.05) is 26.3 Å². The summed E-state index contributed by atoms with van der Waals surface area (Å²) in [6, 6.07) is -2.09. The topological polar surface area (TPSA) is 170 Å². The predicted octanol–water partition coefficient (Wildman–Crippen LogP) is 2.48. The molecule has 250 valence electrons. The molecule has 45 heavy (non-hydrogen) atoms. The SMILES string of the molecule is CCC[C@H](CC(=O)[C@@H]1C[C@]2(CC(C(=O)NCC)=NO2)CN1C(=O)[C@@H](NC(=O)O[C@H]1CCOC1)C(C)(C)C)C(=O)C(=O)CC1CC1. The minimum absolute atomic E-state index is 0.0494. The fourth-order valence-corrected chi connectivity index (χ4v) is 6.26. The van der Waals surface area contributed by atoms with Crippen molar-refractivity contribution in [3.63, 3.8) is 0 Å². The summed E-state index contributed by atoms with van der Waals surface area (Å²) in [7, 11) is 0. The number of alkyl carbamates (subject to hydrolysis) is 1. The zero-order valence-electron chi connectivity index (χ0n) is 27.1. The van der Waals surface area contributed by atoms with Crippen LogP contribution in [-0.2, 0) is 38.3 Å². The van der Waals surface area contributed by atoms with Gasteiger partial charge in [-0.25, -0.2) is 4.79 Å². The second-order valence-electron chi connectivity index (χ2n) is 14.0. The molecule has 0 aromatic rings. The predicted molar refractivity (Wildman–Crippen MR) is 162 cm³/mol. The van der Waals surface area contributed by atoms with Gasteiger partial charge in [0.25, 0.3) is 5.91 Å². The summed E-state index contributed by atoms with van der Waals surface area (Å²) in [5.41, 5.74) is -1.75. The van der Waals surface area contributed by atoms with Crippen LogP contribution in [0.1, 0.15) is 92.4 Å². The molecule has 0 radical (unpaired) electrons. The van der Waals surface area contributed by atoms with E-state index in [-0.39, 0.29) is 56.2 Å². The highest BCUT2D eigenvalue weighted by molar-refractivity contribution is 6.39. The highest BCUT2D eigenvalue weighted by atomic mass is 16.7. The smallest absolute Gasteiger partial charge is 0.408 e. The largest absolute Gasteiger partial charge is 0.444 e. The number of hydrogen-bond donors (Lipinski definition) is 2. The van der Waals surface area contributed by atoms with E-state index in [0.29, 0.717) is 32.4 Å². The Balaban J connectivity index is 1.56. The van der Waals surface area contributed by atoms with Crippen molar-refractivity contribution in [1.82, 2.24) is 15.5 Å². The lowest BCUT2D eigenvalue weighted by Crippen LogP contribution is -2.57. The number of likely N-dealkylation sites (tertiary alicyclic amines) is 1.